The minimum absolute atomic E-state index is 0.750. The van der Waals surface area contributed by atoms with Gasteiger partial charge < -0.3 is 4.74 Å². The van der Waals surface area contributed by atoms with Crippen molar-refractivity contribution >= 4 is 0 Å². The van der Waals surface area contributed by atoms with E-state index >= 15 is 0 Å². The van der Waals surface area contributed by atoms with Gasteiger partial charge in [0.1, 0.15) is 0 Å². The predicted molar refractivity (Wildman–Crippen MR) is 35.9 cm³/mol. The first kappa shape index (κ1) is 7.70. The van der Waals surface area contributed by atoms with Gasteiger partial charge in [-0.1, -0.05) is 25.5 Å². The van der Waals surface area contributed by atoms with Gasteiger partial charge in [-0.15, -0.1) is 0 Å². The molecule has 0 saturated carbocycles. The van der Waals surface area contributed by atoms with Gasteiger partial charge in [-0.25, -0.2) is 0 Å². The molecule has 0 bridgehead atoms. The summed E-state index contributed by atoms with van der Waals surface area (Å²) in [5.74, 6) is 0. The van der Waals surface area contributed by atoms with Crippen molar-refractivity contribution in [1.82, 2.24) is 0 Å². The van der Waals surface area contributed by atoms with Gasteiger partial charge in [0.2, 0.25) is 0 Å². The van der Waals surface area contributed by atoms with Crippen molar-refractivity contribution < 1.29 is 4.74 Å². The molecule has 48 valence electrons. The number of ether oxygens (including phenoxy) is 1. The molecule has 1 heteroatoms. The first-order valence-corrected chi connectivity index (χ1v) is 3.05. The molecule has 0 aromatic carbocycles. The third-order valence-electron chi connectivity index (χ3n) is 0.885. The lowest BCUT2D eigenvalue weighted by molar-refractivity contribution is 0.233. The molecule has 0 fully saturated rings. The molecule has 0 atom stereocenters. The number of allylic oxidation sites excluding steroid dienone is 1. The van der Waals surface area contributed by atoms with Gasteiger partial charge >= 0.3 is 0 Å². The lowest BCUT2D eigenvalue weighted by Gasteiger charge is -1.86. The molecule has 0 aliphatic rings. The average molecular weight is 114 g/mol. The zero-order chi connectivity index (χ0) is 6.24. The highest BCUT2D eigenvalue weighted by Crippen LogP contribution is 1.87. The Hall–Kier alpha value is -0.300. The molecule has 0 amide bonds. The van der Waals surface area contributed by atoms with E-state index in [0.29, 0.717) is 0 Å². The number of methoxy groups -OCH3 is 1. The predicted octanol–water partition coefficient (Wildman–Crippen LogP) is 1.99. The summed E-state index contributed by atoms with van der Waals surface area (Å²) in [5.41, 5.74) is 0. The first-order chi connectivity index (χ1) is 3.91. The molecule has 0 radical (unpaired) electrons. The Morgan fingerprint density at radius 1 is 1.38 bits per heavy atom. The van der Waals surface area contributed by atoms with Crippen LogP contribution in [0.25, 0.3) is 0 Å². The monoisotopic (exact) mass is 114 g/mol. The summed E-state index contributed by atoms with van der Waals surface area (Å²) in [4.78, 5) is 0. The molecule has 0 saturated heterocycles. The number of unbranched alkanes of at least 4 members (excludes halogenated alkanes) is 1. The van der Waals surface area contributed by atoms with E-state index in [1.54, 1.807) is 7.11 Å². The molecule has 1 nitrogen and oxygen atoms in total. The summed E-state index contributed by atoms with van der Waals surface area (Å²) in [5, 5.41) is 0. The molecule has 8 heavy (non-hydrogen) atoms. The third-order valence-corrected chi connectivity index (χ3v) is 0.885. The summed E-state index contributed by atoms with van der Waals surface area (Å²) in [6.45, 7) is 2.91. The van der Waals surface area contributed by atoms with Crippen LogP contribution in [0.5, 0.6) is 0 Å². The van der Waals surface area contributed by atoms with Crippen LogP contribution in [0, 0.1) is 0 Å². The molecule has 0 aromatic rings. The minimum atomic E-state index is 0.750. The van der Waals surface area contributed by atoms with Gasteiger partial charge in [-0.05, 0) is 6.42 Å². The van der Waals surface area contributed by atoms with Gasteiger partial charge in [0.05, 0.1) is 6.61 Å². The summed E-state index contributed by atoms with van der Waals surface area (Å²) < 4.78 is 4.80. The molecule has 0 unspecified atom stereocenters. The Morgan fingerprint density at radius 3 is 2.62 bits per heavy atom. The maximum Gasteiger partial charge on any atom is 0.0643 e. The van der Waals surface area contributed by atoms with Crippen LogP contribution in [-0.2, 0) is 4.74 Å². The molecule has 0 spiro atoms. The van der Waals surface area contributed by atoms with E-state index in [-0.39, 0.29) is 0 Å². The summed E-state index contributed by atoms with van der Waals surface area (Å²) >= 11 is 0. The van der Waals surface area contributed by atoms with Crippen LogP contribution < -0.4 is 0 Å². The van der Waals surface area contributed by atoms with Crippen LogP contribution >= 0.6 is 0 Å². The fourth-order valence-electron chi connectivity index (χ4n) is 0.449. The van der Waals surface area contributed by atoms with Crippen molar-refractivity contribution in [2.75, 3.05) is 13.7 Å². The van der Waals surface area contributed by atoms with Gasteiger partial charge in [0.15, 0.2) is 0 Å². The SMILES string of the molecule is CCC/C=C/COC. The second-order valence-corrected chi connectivity index (χ2v) is 1.72. The second-order valence-electron chi connectivity index (χ2n) is 1.72. The summed E-state index contributed by atoms with van der Waals surface area (Å²) in [6, 6.07) is 0. The van der Waals surface area contributed by atoms with Crippen LogP contribution in [0.4, 0.5) is 0 Å². The average Bonchev–Trinajstić information content (AvgIpc) is 1.81. The standard InChI is InChI=1S/C7H14O/c1-3-4-5-6-7-8-2/h5-6H,3-4,7H2,1-2H3/b6-5+. The summed E-state index contributed by atoms with van der Waals surface area (Å²) in [7, 11) is 1.70. The van der Waals surface area contributed by atoms with Crippen LogP contribution in [-0.4, -0.2) is 13.7 Å². The van der Waals surface area contributed by atoms with Crippen molar-refractivity contribution in [2.45, 2.75) is 19.8 Å². The zero-order valence-corrected chi connectivity index (χ0v) is 5.68. The minimum Gasteiger partial charge on any atom is -0.381 e. The topological polar surface area (TPSA) is 9.23 Å². The molecule has 0 aliphatic carbocycles. The van der Waals surface area contributed by atoms with Gasteiger partial charge in [-0.2, -0.15) is 0 Å². The molecule has 0 aromatic heterocycles. The molecule has 0 heterocycles. The van der Waals surface area contributed by atoms with Crippen molar-refractivity contribution in [1.29, 1.82) is 0 Å². The maximum atomic E-state index is 4.80. The summed E-state index contributed by atoms with van der Waals surface area (Å²) in [6.07, 6.45) is 6.58. The fourth-order valence-corrected chi connectivity index (χ4v) is 0.449. The Morgan fingerprint density at radius 2 is 2.12 bits per heavy atom. The van der Waals surface area contributed by atoms with Crippen LogP contribution in [0.3, 0.4) is 0 Å². The molecular weight excluding hydrogens is 100 g/mol. The highest BCUT2D eigenvalue weighted by molar-refractivity contribution is 4.80. The smallest absolute Gasteiger partial charge is 0.0643 e. The van der Waals surface area contributed by atoms with E-state index in [2.05, 4.69) is 13.0 Å². The van der Waals surface area contributed by atoms with Crippen molar-refractivity contribution in [2.24, 2.45) is 0 Å². The van der Waals surface area contributed by atoms with Crippen molar-refractivity contribution in [3.63, 3.8) is 0 Å². The van der Waals surface area contributed by atoms with E-state index in [1.807, 2.05) is 6.08 Å². The fraction of sp³-hybridized carbons (Fsp3) is 0.714. The van der Waals surface area contributed by atoms with Gasteiger partial charge in [0, 0.05) is 7.11 Å². The van der Waals surface area contributed by atoms with Crippen LogP contribution in [0.1, 0.15) is 19.8 Å². The normalized spacial score (nSPS) is 10.8. The van der Waals surface area contributed by atoms with Crippen LogP contribution in [0.2, 0.25) is 0 Å². The van der Waals surface area contributed by atoms with Crippen molar-refractivity contribution in [3.05, 3.63) is 12.2 Å². The third kappa shape index (κ3) is 5.70. The Balaban J connectivity index is 2.83. The highest BCUT2D eigenvalue weighted by Gasteiger charge is 1.71. The maximum absolute atomic E-state index is 4.80. The second kappa shape index (κ2) is 6.70. The first-order valence-electron chi connectivity index (χ1n) is 3.05. The van der Waals surface area contributed by atoms with E-state index in [0.717, 1.165) is 6.61 Å². The lowest BCUT2D eigenvalue weighted by Crippen LogP contribution is -1.79. The number of hydrogen-bond acceptors (Lipinski definition) is 1. The zero-order valence-electron chi connectivity index (χ0n) is 5.68. The Bertz CT molecular complexity index is 49.4. The van der Waals surface area contributed by atoms with E-state index < -0.39 is 0 Å². The largest absolute Gasteiger partial charge is 0.381 e. The quantitative estimate of drug-likeness (QED) is 0.508. The van der Waals surface area contributed by atoms with Gasteiger partial charge in [0.25, 0.3) is 0 Å². The number of rotatable bonds is 4. The molecule has 0 aliphatic heterocycles. The van der Waals surface area contributed by atoms with E-state index in [1.165, 1.54) is 12.8 Å². The Kier molecular flexibility index (Phi) is 6.45. The number of hydrogen-bond donors (Lipinski definition) is 0. The van der Waals surface area contributed by atoms with Crippen LogP contribution in [0.15, 0.2) is 12.2 Å². The highest BCUT2D eigenvalue weighted by atomic mass is 16.5. The van der Waals surface area contributed by atoms with E-state index in [4.69, 9.17) is 4.74 Å². The lowest BCUT2D eigenvalue weighted by atomic mass is 10.3. The molecular formula is C7H14O. The van der Waals surface area contributed by atoms with Gasteiger partial charge in [-0.3, -0.25) is 0 Å². The Labute approximate surface area is 51.4 Å². The van der Waals surface area contributed by atoms with Crippen molar-refractivity contribution in [3.8, 4) is 0 Å². The van der Waals surface area contributed by atoms with E-state index in [9.17, 15) is 0 Å². The molecule has 0 rings (SSSR count). The molecule has 0 N–H and O–H groups in total.